The largest absolute Gasteiger partial charge is 0.396 e. The molecule has 4 N–H and O–H groups in total. The summed E-state index contributed by atoms with van der Waals surface area (Å²) in [6, 6.07) is 0. The van der Waals surface area contributed by atoms with Crippen molar-refractivity contribution < 1.29 is 20.4 Å². The van der Waals surface area contributed by atoms with E-state index in [1.807, 2.05) is 0 Å². The van der Waals surface area contributed by atoms with Crippen molar-refractivity contribution in [2.75, 3.05) is 19.8 Å². The Morgan fingerprint density at radius 3 is 1.61 bits per heavy atom. The fourth-order valence-corrected chi connectivity index (χ4v) is 1.50. The minimum Gasteiger partial charge on any atom is -0.396 e. The molecule has 0 saturated carbocycles. The zero-order chi connectivity index (χ0) is 14.1. The summed E-state index contributed by atoms with van der Waals surface area (Å²) < 4.78 is 0. The molecule has 0 radical (unpaired) electrons. The quantitative estimate of drug-likeness (QED) is 0.429. The Labute approximate surface area is 112 Å². The van der Waals surface area contributed by atoms with Crippen molar-refractivity contribution >= 4 is 0 Å². The second-order valence-corrected chi connectivity index (χ2v) is 4.52. The van der Waals surface area contributed by atoms with Crippen molar-refractivity contribution in [3.05, 3.63) is 0 Å². The average molecular weight is 264 g/mol. The van der Waals surface area contributed by atoms with E-state index in [9.17, 15) is 0 Å². The van der Waals surface area contributed by atoms with Crippen LogP contribution in [0.3, 0.4) is 0 Å². The van der Waals surface area contributed by atoms with Crippen LogP contribution >= 0.6 is 0 Å². The van der Waals surface area contributed by atoms with Gasteiger partial charge >= 0.3 is 0 Å². The van der Waals surface area contributed by atoms with Crippen LogP contribution in [0.25, 0.3) is 0 Å². The van der Waals surface area contributed by atoms with E-state index in [1.54, 1.807) is 0 Å². The Kier molecular flexibility index (Phi) is 21.5. The lowest BCUT2D eigenvalue weighted by molar-refractivity contribution is 0.122. The number of rotatable bonds is 11. The molecule has 0 aliphatic heterocycles. The van der Waals surface area contributed by atoms with Crippen molar-refractivity contribution in [3.63, 3.8) is 0 Å². The lowest BCUT2D eigenvalue weighted by atomic mass is 10.1. The van der Waals surface area contributed by atoms with Crippen molar-refractivity contribution in [1.82, 2.24) is 0 Å². The first-order chi connectivity index (χ1) is 8.72. The molecule has 0 heterocycles. The Morgan fingerprint density at radius 2 is 1.22 bits per heavy atom. The maximum Gasteiger partial charge on any atom is 0.0562 e. The number of unbranched alkanes of at least 4 members (excludes halogenated alkanes) is 5. The molecule has 1 atom stereocenters. The summed E-state index contributed by atoms with van der Waals surface area (Å²) in [6.45, 7) is 2.81. The molecule has 18 heavy (non-hydrogen) atoms. The smallest absolute Gasteiger partial charge is 0.0562 e. The van der Waals surface area contributed by atoms with Gasteiger partial charge < -0.3 is 20.4 Å². The molecule has 0 aromatic rings. The normalized spacial score (nSPS) is 11.8. The van der Waals surface area contributed by atoms with Gasteiger partial charge in [0.1, 0.15) is 0 Å². The predicted octanol–water partition coefficient (Wildman–Crippen LogP) is 1.84. The van der Waals surface area contributed by atoms with Gasteiger partial charge in [0.2, 0.25) is 0 Å². The summed E-state index contributed by atoms with van der Waals surface area (Å²) in [7, 11) is 0. The average Bonchev–Trinajstić information content (AvgIpc) is 2.36. The molecule has 112 valence electrons. The van der Waals surface area contributed by atoms with Crippen molar-refractivity contribution in [2.24, 2.45) is 0 Å². The number of hydrogen-bond donors (Lipinski definition) is 4. The molecule has 0 amide bonds. The third-order valence-corrected chi connectivity index (χ3v) is 2.67. The molecule has 0 spiro atoms. The van der Waals surface area contributed by atoms with Crippen LogP contribution in [0.2, 0.25) is 0 Å². The topological polar surface area (TPSA) is 80.9 Å². The molecular formula is C14H32O4. The SMILES string of the molecule is CCCCCC(O)CCO.OCCCCCCO. The van der Waals surface area contributed by atoms with Gasteiger partial charge in [0.15, 0.2) is 0 Å². The van der Waals surface area contributed by atoms with Crippen LogP contribution in [0.4, 0.5) is 0 Å². The molecule has 4 heteroatoms. The summed E-state index contributed by atoms with van der Waals surface area (Å²) in [5.74, 6) is 0. The van der Waals surface area contributed by atoms with E-state index in [0.717, 1.165) is 38.5 Å². The first-order valence-corrected chi connectivity index (χ1v) is 7.23. The van der Waals surface area contributed by atoms with Crippen molar-refractivity contribution in [1.29, 1.82) is 0 Å². The molecule has 0 bridgehead atoms. The summed E-state index contributed by atoms with van der Waals surface area (Å²) in [6.07, 6.45) is 8.37. The second-order valence-electron chi connectivity index (χ2n) is 4.52. The highest BCUT2D eigenvalue weighted by Gasteiger charge is 2.00. The maximum atomic E-state index is 9.12. The van der Waals surface area contributed by atoms with E-state index >= 15 is 0 Å². The van der Waals surface area contributed by atoms with Crippen LogP contribution in [0.5, 0.6) is 0 Å². The Balaban J connectivity index is 0. The summed E-state index contributed by atoms with van der Waals surface area (Å²) in [5.41, 5.74) is 0. The minimum absolute atomic E-state index is 0.104. The Morgan fingerprint density at radius 1 is 0.667 bits per heavy atom. The van der Waals surface area contributed by atoms with E-state index in [1.165, 1.54) is 12.8 Å². The van der Waals surface area contributed by atoms with Gasteiger partial charge in [-0.15, -0.1) is 0 Å². The maximum absolute atomic E-state index is 9.12. The Hall–Kier alpha value is -0.160. The van der Waals surface area contributed by atoms with Crippen LogP contribution < -0.4 is 0 Å². The third kappa shape index (κ3) is 21.2. The van der Waals surface area contributed by atoms with E-state index in [0.29, 0.717) is 6.42 Å². The highest BCUT2D eigenvalue weighted by atomic mass is 16.3. The predicted molar refractivity (Wildman–Crippen MR) is 74.5 cm³/mol. The van der Waals surface area contributed by atoms with E-state index < -0.39 is 0 Å². The molecule has 0 aliphatic carbocycles. The number of aliphatic hydroxyl groups is 4. The molecule has 0 aliphatic rings. The highest BCUT2D eigenvalue weighted by molar-refractivity contribution is 4.53. The van der Waals surface area contributed by atoms with Gasteiger partial charge in [0.05, 0.1) is 6.10 Å². The van der Waals surface area contributed by atoms with Crippen LogP contribution in [-0.2, 0) is 0 Å². The van der Waals surface area contributed by atoms with Crippen LogP contribution in [-0.4, -0.2) is 46.4 Å². The minimum atomic E-state index is -0.281. The third-order valence-electron chi connectivity index (χ3n) is 2.67. The summed E-state index contributed by atoms with van der Waals surface area (Å²) in [4.78, 5) is 0. The standard InChI is InChI=1S/C8H18O2.C6H14O2/c1-2-3-4-5-8(10)6-7-9;7-5-3-1-2-4-6-8/h8-10H,2-7H2,1H3;7-8H,1-6H2. The van der Waals surface area contributed by atoms with Gasteiger partial charge in [0.25, 0.3) is 0 Å². The van der Waals surface area contributed by atoms with Gasteiger partial charge in [-0.2, -0.15) is 0 Å². The zero-order valence-corrected chi connectivity index (χ0v) is 11.9. The Bertz CT molecular complexity index is 125. The van der Waals surface area contributed by atoms with E-state index in [-0.39, 0.29) is 25.9 Å². The van der Waals surface area contributed by atoms with Crippen molar-refractivity contribution in [3.8, 4) is 0 Å². The first-order valence-electron chi connectivity index (χ1n) is 7.23. The van der Waals surface area contributed by atoms with Crippen molar-refractivity contribution in [2.45, 2.75) is 70.8 Å². The van der Waals surface area contributed by atoms with Crippen LogP contribution in [0.15, 0.2) is 0 Å². The summed E-state index contributed by atoms with van der Waals surface area (Å²) in [5, 5.41) is 34.2. The van der Waals surface area contributed by atoms with E-state index in [2.05, 4.69) is 6.92 Å². The second kappa shape index (κ2) is 19.2. The molecule has 0 aromatic carbocycles. The highest BCUT2D eigenvalue weighted by Crippen LogP contribution is 2.05. The lowest BCUT2D eigenvalue weighted by Crippen LogP contribution is -2.07. The first kappa shape index (κ1) is 20.2. The van der Waals surface area contributed by atoms with Gasteiger partial charge in [-0.05, 0) is 25.7 Å². The van der Waals surface area contributed by atoms with Crippen LogP contribution in [0, 0.1) is 0 Å². The van der Waals surface area contributed by atoms with Gasteiger partial charge in [-0.25, -0.2) is 0 Å². The van der Waals surface area contributed by atoms with Gasteiger partial charge in [0, 0.05) is 19.8 Å². The number of aliphatic hydroxyl groups excluding tert-OH is 4. The van der Waals surface area contributed by atoms with E-state index in [4.69, 9.17) is 20.4 Å². The molecule has 0 saturated heterocycles. The molecule has 0 fully saturated rings. The molecule has 4 nitrogen and oxygen atoms in total. The molecular weight excluding hydrogens is 232 g/mol. The monoisotopic (exact) mass is 264 g/mol. The fraction of sp³-hybridized carbons (Fsp3) is 1.00. The van der Waals surface area contributed by atoms with Gasteiger partial charge in [-0.3, -0.25) is 0 Å². The zero-order valence-electron chi connectivity index (χ0n) is 11.9. The molecule has 1 unspecified atom stereocenters. The number of hydrogen-bond acceptors (Lipinski definition) is 4. The van der Waals surface area contributed by atoms with Crippen LogP contribution in [0.1, 0.15) is 64.7 Å². The fourth-order valence-electron chi connectivity index (χ4n) is 1.50. The summed E-state index contributed by atoms with van der Waals surface area (Å²) >= 11 is 0. The van der Waals surface area contributed by atoms with Gasteiger partial charge in [-0.1, -0.05) is 39.0 Å². The lowest BCUT2D eigenvalue weighted by Gasteiger charge is -2.06. The molecule has 0 rings (SSSR count). The molecule has 0 aromatic heterocycles.